The van der Waals surface area contributed by atoms with Crippen molar-refractivity contribution >= 4 is 27.5 Å². The Balaban J connectivity index is 2.17. The SMILES string of the molecule is COc1ccc(OC)c(N(CC(=O)N(Cc2ccccc2)[C@H](C)C(=O)NC(C)(C)C)S(=O)(=O)c2ccc(OC)c(OC)c2)c1. The average Bonchev–Trinajstić information content (AvgIpc) is 3.00. The molecule has 1 N–H and O–H groups in total. The number of amides is 2. The van der Waals surface area contributed by atoms with Crippen molar-refractivity contribution in [1.29, 1.82) is 0 Å². The summed E-state index contributed by atoms with van der Waals surface area (Å²) in [6, 6.07) is 17.0. The summed E-state index contributed by atoms with van der Waals surface area (Å²) in [7, 11) is 1.25. The molecule has 1 atom stereocenters. The third-order valence-electron chi connectivity index (χ3n) is 6.74. The van der Waals surface area contributed by atoms with Gasteiger partial charge in [-0.2, -0.15) is 0 Å². The number of anilines is 1. The maximum atomic E-state index is 14.4. The summed E-state index contributed by atoms with van der Waals surface area (Å²) < 4.78 is 51.2. The van der Waals surface area contributed by atoms with Gasteiger partial charge in [-0.1, -0.05) is 30.3 Å². The number of carbonyl (C=O) groups is 2. The number of hydrogen-bond donors (Lipinski definition) is 1. The Bertz CT molecular complexity index is 1560. The van der Waals surface area contributed by atoms with E-state index in [-0.39, 0.29) is 34.5 Å². The van der Waals surface area contributed by atoms with Gasteiger partial charge in [-0.3, -0.25) is 13.9 Å². The molecule has 0 saturated carbocycles. The largest absolute Gasteiger partial charge is 0.497 e. The molecule has 0 aromatic heterocycles. The lowest BCUT2D eigenvalue weighted by molar-refractivity contribution is -0.140. The standard InChI is InChI=1S/C32H41N3O8S/c1-22(31(37)33-32(2,3)4)34(20-23-12-10-9-11-13-23)30(36)21-35(26-18-24(40-5)14-16-27(26)41-6)44(38,39)25-15-17-28(42-7)29(19-25)43-8/h9-19,22H,20-21H2,1-8H3,(H,33,37)/t22-/m1/s1. The number of benzene rings is 3. The molecule has 11 nitrogen and oxygen atoms in total. The minimum Gasteiger partial charge on any atom is -0.497 e. The molecule has 0 spiro atoms. The molecular weight excluding hydrogens is 586 g/mol. The monoisotopic (exact) mass is 627 g/mol. The molecule has 0 aliphatic carbocycles. The number of hydrogen-bond acceptors (Lipinski definition) is 8. The zero-order chi connectivity index (χ0) is 32.7. The average molecular weight is 628 g/mol. The van der Waals surface area contributed by atoms with Gasteiger partial charge in [-0.15, -0.1) is 0 Å². The molecule has 2 amide bonds. The second-order valence-corrected chi connectivity index (χ2v) is 12.9. The molecular formula is C32H41N3O8S. The van der Waals surface area contributed by atoms with E-state index in [2.05, 4.69) is 5.32 Å². The first-order chi connectivity index (χ1) is 20.7. The van der Waals surface area contributed by atoms with E-state index in [4.69, 9.17) is 18.9 Å². The molecule has 3 aromatic carbocycles. The molecule has 0 fully saturated rings. The van der Waals surface area contributed by atoms with Gasteiger partial charge in [0.1, 0.15) is 24.1 Å². The number of sulfonamides is 1. The molecule has 0 heterocycles. The van der Waals surface area contributed by atoms with E-state index in [0.29, 0.717) is 11.5 Å². The van der Waals surface area contributed by atoms with E-state index in [1.807, 2.05) is 51.1 Å². The van der Waals surface area contributed by atoms with Crippen LogP contribution in [0.15, 0.2) is 71.6 Å². The van der Waals surface area contributed by atoms with E-state index in [1.54, 1.807) is 19.1 Å². The van der Waals surface area contributed by atoms with Crippen LogP contribution in [-0.2, 0) is 26.2 Å². The zero-order valence-electron chi connectivity index (χ0n) is 26.4. The van der Waals surface area contributed by atoms with Crippen LogP contribution < -0.4 is 28.6 Å². The Hall–Kier alpha value is -4.45. The lowest BCUT2D eigenvalue weighted by Crippen LogP contribution is -2.54. The van der Waals surface area contributed by atoms with Gasteiger partial charge in [0.05, 0.1) is 39.0 Å². The van der Waals surface area contributed by atoms with Crippen LogP contribution in [0.5, 0.6) is 23.0 Å². The first-order valence-electron chi connectivity index (χ1n) is 13.9. The van der Waals surface area contributed by atoms with Gasteiger partial charge < -0.3 is 29.2 Å². The van der Waals surface area contributed by atoms with E-state index in [9.17, 15) is 18.0 Å². The van der Waals surface area contributed by atoms with Crippen LogP contribution in [0.4, 0.5) is 5.69 Å². The van der Waals surface area contributed by atoms with Gasteiger partial charge in [-0.25, -0.2) is 8.42 Å². The fourth-order valence-corrected chi connectivity index (χ4v) is 5.88. The van der Waals surface area contributed by atoms with E-state index in [0.717, 1.165) is 9.87 Å². The summed E-state index contributed by atoms with van der Waals surface area (Å²) in [6.07, 6.45) is 0. The fraction of sp³-hybridized carbons (Fsp3) is 0.375. The molecule has 0 bridgehead atoms. The molecule has 0 aliphatic rings. The summed E-state index contributed by atoms with van der Waals surface area (Å²) in [4.78, 5) is 28.7. The number of nitrogens with zero attached hydrogens (tertiary/aromatic N) is 2. The fourth-order valence-electron chi connectivity index (χ4n) is 4.45. The highest BCUT2D eigenvalue weighted by Gasteiger charge is 2.35. The van der Waals surface area contributed by atoms with Gasteiger partial charge in [0.15, 0.2) is 11.5 Å². The lowest BCUT2D eigenvalue weighted by atomic mass is 10.1. The summed E-state index contributed by atoms with van der Waals surface area (Å²) in [5, 5.41) is 2.91. The number of carbonyl (C=O) groups excluding carboxylic acids is 2. The van der Waals surface area contributed by atoms with Gasteiger partial charge in [-0.05, 0) is 57.5 Å². The molecule has 0 unspecified atom stereocenters. The predicted octanol–water partition coefficient (Wildman–Crippen LogP) is 4.25. The highest BCUT2D eigenvalue weighted by atomic mass is 32.2. The molecule has 238 valence electrons. The topological polar surface area (TPSA) is 124 Å². The number of methoxy groups -OCH3 is 4. The molecule has 44 heavy (non-hydrogen) atoms. The van der Waals surface area contributed by atoms with Crippen LogP contribution in [0, 0.1) is 0 Å². The van der Waals surface area contributed by atoms with E-state index < -0.39 is 34.1 Å². The minimum atomic E-state index is -4.43. The Morgan fingerprint density at radius 3 is 2.00 bits per heavy atom. The first kappa shape index (κ1) is 34.0. The van der Waals surface area contributed by atoms with Gasteiger partial charge in [0.2, 0.25) is 11.8 Å². The van der Waals surface area contributed by atoms with E-state index in [1.165, 1.54) is 57.6 Å². The maximum Gasteiger partial charge on any atom is 0.265 e. The van der Waals surface area contributed by atoms with Crippen LogP contribution in [0.25, 0.3) is 0 Å². The highest BCUT2D eigenvalue weighted by Crippen LogP contribution is 2.37. The van der Waals surface area contributed by atoms with Gasteiger partial charge in [0, 0.05) is 24.2 Å². The van der Waals surface area contributed by atoms with Crippen LogP contribution in [0.2, 0.25) is 0 Å². The van der Waals surface area contributed by atoms with Crippen molar-refractivity contribution in [2.75, 3.05) is 39.3 Å². The quantitative estimate of drug-likeness (QED) is 0.299. The summed E-state index contributed by atoms with van der Waals surface area (Å²) in [6.45, 7) is 6.55. The third-order valence-corrected chi connectivity index (χ3v) is 8.49. The van der Waals surface area contributed by atoms with Crippen molar-refractivity contribution in [3.63, 3.8) is 0 Å². The Kier molecular flexibility index (Phi) is 11.1. The molecule has 3 rings (SSSR count). The number of rotatable bonds is 13. The van der Waals surface area contributed by atoms with Crippen molar-refractivity contribution in [2.24, 2.45) is 0 Å². The van der Waals surface area contributed by atoms with Gasteiger partial charge in [0.25, 0.3) is 10.0 Å². The second-order valence-electron chi connectivity index (χ2n) is 11.0. The van der Waals surface area contributed by atoms with Crippen molar-refractivity contribution in [1.82, 2.24) is 10.2 Å². The van der Waals surface area contributed by atoms with Crippen LogP contribution in [0.3, 0.4) is 0 Å². The lowest BCUT2D eigenvalue weighted by Gasteiger charge is -2.33. The molecule has 3 aromatic rings. The molecule has 0 radical (unpaired) electrons. The van der Waals surface area contributed by atoms with Crippen molar-refractivity contribution in [3.05, 3.63) is 72.3 Å². The normalized spacial score (nSPS) is 12.1. The minimum absolute atomic E-state index is 0.0674. The molecule has 0 aliphatic heterocycles. The first-order valence-corrected chi connectivity index (χ1v) is 15.3. The van der Waals surface area contributed by atoms with Crippen molar-refractivity contribution in [2.45, 2.75) is 50.7 Å². The Morgan fingerprint density at radius 1 is 0.818 bits per heavy atom. The summed E-state index contributed by atoms with van der Waals surface area (Å²) in [5.74, 6) is 0.0707. The number of nitrogens with one attached hydrogen (secondary N) is 1. The predicted molar refractivity (Wildman–Crippen MR) is 168 cm³/mol. The van der Waals surface area contributed by atoms with Crippen molar-refractivity contribution in [3.8, 4) is 23.0 Å². The zero-order valence-corrected chi connectivity index (χ0v) is 27.2. The summed E-state index contributed by atoms with van der Waals surface area (Å²) >= 11 is 0. The second kappa shape index (κ2) is 14.3. The number of ether oxygens (including phenoxy) is 4. The maximum absolute atomic E-state index is 14.4. The molecule has 12 heteroatoms. The summed E-state index contributed by atoms with van der Waals surface area (Å²) in [5.41, 5.74) is 0.287. The molecule has 0 saturated heterocycles. The van der Waals surface area contributed by atoms with E-state index >= 15 is 0 Å². The third kappa shape index (κ3) is 8.13. The Labute approximate surface area is 259 Å². The van der Waals surface area contributed by atoms with Crippen molar-refractivity contribution < 1.29 is 37.0 Å². The van der Waals surface area contributed by atoms with Crippen LogP contribution in [-0.4, -0.2) is 71.7 Å². The Morgan fingerprint density at radius 2 is 1.43 bits per heavy atom. The highest BCUT2D eigenvalue weighted by molar-refractivity contribution is 7.92. The van der Waals surface area contributed by atoms with Crippen LogP contribution >= 0.6 is 0 Å². The smallest absolute Gasteiger partial charge is 0.265 e. The van der Waals surface area contributed by atoms with Crippen LogP contribution in [0.1, 0.15) is 33.3 Å². The van der Waals surface area contributed by atoms with Gasteiger partial charge >= 0.3 is 0 Å².